The lowest BCUT2D eigenvalue weighted by Crippen LogP contribution is -1.96. The molecule has 0 radical (unpaired) electrons. The van der Waals surface area contributed by atoms with Gasteiger partial charge in [-0.3, -0.25) is 0 Å². The van der Waals surface area contributed by atoms with Gasteiger partial charge in [0.2, 0.25) is 0 Å². The van der Waals surface area contributed by atoms with Crippen molar-refractivity contribution in [1.29, 1.82) is 0 Å². The van der Waals surface area contributed by atoms with Crippen molar-refractivity contribution in [3.8, 4) is 16.2 Å². The zero-order chi connectivity index (χ0) is 14.7. The normalized spacial score (nSPS) is 12.1. The third kappa shape index (κ3) is 2.99. The average Bonchev–Trinajstić information content (AvgIpc) is 3.05. The van der Waals surface area contributed by atoms with Crippen molar-refractivity contribution in [3.63, 3.8) is 0 Å². The van der Waals surface area contributed by atoms with Crippen LogP contribution >= 0.6 is 11.3 Å². The number of aliphatic hydroxyl groups excluding tert-OH is 1. The molecule has 0 aliphatic heterocycles. The first-order valence-corrected chi connectivity index (χ1v) is 7.57. The predicted molar refractivity (Wildman–Crippen MR) is 86.8 cm³/mol. The Kier molecular flexibility index (Phi) is 4.04. The highest BCUT2D eigenvalue weighted by Crippen LogP contribution is 2.34. The Balaban J connectivity index is 1.85. The molecule has 0 spiro atoms. The highest BCUT2D eigenvalue weighted by molar-refractivity contribution is 7.15. The number of thiophene rings is 1. The van der Waals surface area contributed by atoms with Crippen molar-refractivity contribution in [1.82, 2.24) is 0 Å². The minimum absolute atomic E-state index is 0.599. The number of hydrogen-bond acceptors (Lipinski definition) is 3. The first kappa shape index (κ1) is 13.9. The summed E-state index contributed by atoms with van der Waals surface area (Å²) in [6, 6.07) is 21.8. The Morgan fingerprint density at radius 3 is 2.29 bits per heavy atom. The van der Waals surface area contributed by atoms with Crippen LogP contribution < -0.4 is 4.74 Å². The third-order valence-corrected chi connectivity index (χ3v) is 4.57. The quantitative estimate of drug-likeness (QED) is 0.768. The van der Waals surface area contributed by atoms with Gasteiger partial charge >= 0.3 is 0 Å². The minimum Gasteiger partial charge on any atom is -0.497 e. The van der Waals surface area contributed by atoms with Crippen LogP contribution in [-0.4, -0.2) is 12.2 Å². The van der Waals surface area contributed by atoms with Crippen molar-refractivity contribution in [2.75, 3.05) is 7.11 Å². The summed E-state index contributed by atoms with van der Waals surface area (Å²) in [7, 11) is 1.64. The van der Waals surface area contributed by atoms with Crippen molar-refractivity contribution >= 4 is 11.3 Å². The van der Waals surface area contributed by atoms with Crippen LogP contribution in [0.2, 0.25) is 0 Å². The summed E-state index contributed by atoms with van der Waals surface area (Å²) in [5.41, 5.74) is 2.05. The van der Waals surface area contributed by atoms with E-state index in [0.29, 0.717) is 0 Å². The molecule has 1 N–H and O–H groups in total. The number of aliphatic hydroxyl groups is 1. The van der Waals surface area contributed by atoms with Crippen molar-refractivity contribution in [2.45, 2.75) is 6.10 Å². The summed E-state index contributed by atoms with van der Waals surface area (Å²) in [5.74, 6) is 0.794. The van der Waals surface area contributed by atoms with E-state index < -0.39 is 6.10 Å². The van der Waals surface area contributed by atoms with E-state index in [-0.39, 0.29) is 0 Å². The second-order valence-electron chi connectivity index (χ2n) is 4.74. The molecule has 106 valence electrons. The average molecular weight is 296 g/mol. The van der Waals surface area contributed by atoms with Gasteiger partial charge in [-0.25, -0.2) is 0 Å². The molecule has 0 saturated heterocycles. The first-order chi connectivity index (χ1) is 10.3. The second kappa shape index (κ2) is 6.12. The maximum absolute atomic E-state index is 10.5. The lowest BCUT2D eigenvalue weighted by Gasteiger charge is -2.09. The van der Waals surface area contributed by atoms with E-state index in [1.165, 1.54) is 5.56 Å². The molecule has 1 aromatic heterocycles. The second-order valence-corrected chi connectivity index (χ2v) is 5.86. The van der Waals surface area contributed by atoms with Gasteiger partial charge in [-0.1, -0.05) is 42.5 Å². The Morgan fingerprint density at radius 2 is 1.62 bits per heavy atom. The number of hydrogen-bond donors (Lipinski definition) is 1. The maximum atomic E-state index is 10.5. The molecule has 1 atom stereocenters. The molecule has 3 aromatic rings. The summed E-state index contributed by atoms with van der Waals surface area (Å²) in [6.45, 7) is 0. The van der Waals surface area contributed by atoms with E-state index in [0.717, 1.165) is 21.1 Å². The summed E-state index contributed by atoms with van der Waals surface area (Å²) in [5, 5.41) is 10.5. The number of benzene rings is 2. The lowest BCUT2D eigenvalue weighted by atomic mass is 10.1. The van der Waals surface area contributed by atoms with E-state index >= 15 is 0 Å². The molecule has 1 unspecified atom stereocenters. The van der Waals surface area contributed by atoms with Crippen LogP contribution in [0.4, 0.5) is 0 Å². The van der Waals surface area contributed by atoms with Gasteiger partial charge < -0.3 is 9.84 Å². The van der Waals surface area contributed by atoms with Gasteiger partial charge in [0, 0.05) is 9.75 Å². The van der Waals surface area contributed by atoms with Crippen LogP contribution in [0.15, 0.2) is 66.7 Å². The van der Waals surface area contributed by atoms with Gasteiger partial charge in [-0.2, -0.15) is 0 Å². The van der Waals surface area contributed by atoms with Crippen molar-refractivity contribution in [3.05, 3.63) is 77.2 Å². The van der Waals surface area contributed by atoms with Gasteiger partial charge in [0.05, 0.1) is 7.11 Å². The minimum atomic E-state index is -0.599. The van der Waals surface area contributed by atoms with Crippen LogP contribution in [0.5, 0.6) is 5.75 Å². The Hall–Kier alpha value is -2.10. The molecule has 1 heterocycles. The number of methoxy groups -OCH3 is 1. The molecule has 0 saturated carbocycles. The van der Waals surface area contributed by atoms with Gasteiger partial charge in [-0.15, -0.1) is 11.3 Å². The fourth-order valence-electron chi connectivity index (χ4n) is 2.21. The summed E-state index contributed by atoms with van der Waals surface area (Å²) < 4.78 is 5.14. The van der Waals surface area contributed by atoms with E-state index in [4.69, 9.17) is 4.74 Å². The Morgan fingerprint density at radius 1 is 0.905 bits per heavy atom. The van der Waals surface area contributed by atoms with Crippen LogP contribution in [0, 0.1) is 0 Å². The van der Waals surface area contributed by atoms with E-state index in [9.17, 15) is 5.11 Å². The maximum Gasteiger partial charge on any atom is 0.118 e. The highest BCUT2D eigenvalue weighted by atomic mass is 32.1. The highest BCUT2D eigenvalue weighted by Gasteiger charge is 2.13. The molecular formula is C18H16O2S. The van der Waals surface area contributed by atoms with Gasteiger partial charge in [0.15, 0.2) is 0 Å². The standard InChI is InChI=1S/C18H16O2S/c1-20-15-9-7-14(8-10-15)18(19)17-12-11-16(21-17)13-5-3-2-4-6-13/h2-12,18-19H,1H3. The van der Waals surface area contributed by atoms with Crippen LogP contribution in [-0.2, 0) is 0 Å². The zero-order valence-corrected chi connectivity index (χ0v) is 12.5. The first-order valence-electron chi connectivity index (χ1n) is 6.75. The molecule has 0 aliphatic rings. The SMILES string of the molecule is COc1ccc(C(O)c2ccc(-c3ccccc3)s2)cc1. The lowest BCUT2D eigenvalue weighted by molar-refractivity contribution is 0.224. The molecule has 21 heavy (non-hydrogen) atoms. The summed E-state index contributed by atoms with van der Waals surface area (Å²) >= 11 is 1.62. The summed E-state index contributed by atoms with van der Waals surface area (Å²) in [6.07, 6.45) is -0.599. The number of ether oxygens (including phenoxy) is 1. The van der Waals surface area contributed by atoms with Gasteiger partial charge in [-0.05, 0) is 35.4 Å². The molecule has 2 aromatic carbocycles. The molecular weight excluding hydrogens is 280 g/mol. The predicted octanol–water partition coefficient (Wildman–Crippen LogP) is 4.51. The third-order valence-electron chi connectivity index (χ3n) is 3.39. The fraction of sp³-hybridized carbons (Fsp3) is 0.111. The molecule has 3 heteroatoms. The van der Waals surface area contributed by atoms with E-state index in [1.54, 1.807) is 18.4 Å². The topological polar surface area (TPSA) is 29.5 Å². The van der Waals surface area contributed by atoms with Crippen LogP contribution in [0.3, 0.4) is 0 Å². The summed E-state index contributed by atoms with van der Waals surface area (Å²) in [4.78, 5) is 2.11. The molecule has 0 amide bonds. The molecule has 0 aliphatic carbocycles. The molecule has 0 fully saturated rings. The van der Waals surface area contributed by atoms with Gasteiger partial charge in [0.25, 0.3) is 0 Å². The molecule has 0 bridgehead atoms. The molecule has 2 nitrogen and oxygen atoms in total. The van der Waals surface area contributed by atoms with Crippen molar-refractivity contribution in [2.24, 2.45) is 0 Å². The van der Waals surface area contributed by atoms with Crippen LogP contribution in [0.25, 0.3) is 10.4 Å². The smallest absolute Gasteiger partial charge is 0.118 e. The number of rotatable bonds is 4. The van der Waals surface area contributed by atoms with E-state index in [1.807, 2.05) is 48.5 Å². The Labute approximate surface area is 128 Å². The Bertz CT molecular complexity index is 702. The monoisotopic (exact) mass is 296 g/mol. The molecule has 3 rings (SSSR count). The van der Waals surface area contributed by atoms with Crippen LogP contribution in [0.1, 0.15) is 16.5 Å². The fourth-order valence-corrected chi connectivity index (χ4v) is 3.24. The zero-order valence-electron chi connectivity index (χ0n) is 11.7. The van der Waals surface area contributed by atoms with E-state index in [2.05, 4.69) is 18.2 Å². The van der Waals surface area contributed by atoms with Gasteiger partial charge in [0.1, 0.15) is 11.9 Å². The largest absolute Gasteiger partial charge is 0.497 e. The van der Waals surface area contributed by atoms with Crippen molar-refractivity contribution < 1.29 is 9.84 Å².